The largest absolute Gasteiger partial charge is 0.481 e. The van der Waals surface area contributed by atoms with Crippen LogP contribution in [0.4, 0.5) is 18.9 Å². The number of aryl methyl sites for hydroxylation is 1. The summed E-state index contributed by atoms with van der Waals surface area (Å²) in [7, 11) is 0. The van der Waals surface area contributed by atoms with Crippen LogP contribution in [0.25, 0.3) is 0 Å². The maximum atomic E-state index is 13.2. The van der Waals surface area contributed by atoms with Gasteiger partial charge in [0.1, 0.15) is 0 Å². The number of carboxylic acid groups (broad SMARTS) is 1. The van der Waals surface area contributed by atoms with Gasteiger partial charge < -0.3 is 10.0 Å². The highest BCUT2D eigenvalue weighted by Gasteiger charge is 2.54. The average molecular weight is 370 g/mol. The molecule has 2 heterocycles. The lowest BCUT2D eigenvalue weighted by atomic mass is 9.96. The lowest BCUT2D eigenvalue weighted by Crippen LogP contribution is -2.52. The molecule has 0 aromatic heterocycles. The van der Waals surface area contributed by atoms with Crippen LogP contribution in [0.5, 0.6) is 0 Å². The van der Waals surface area contributed by atoms with Crippen molar-refractivity contribution in [2.24, 2.45) is 11.8 Å². The summed E-state index contributed by atoms with van der Waals surface area (Å²) in [5.74, 6) is -5.19. The Bertz CT molecular complexity index is 690. The molecule has 1 amide bonds. The van der Waals surface area contributed by atoms with Crippen LogP contribution in [-0.2, 0) is 9.59 Å². The van der Waals surface area contributed by atoms with Crippen molar-refractivity contribution in [2.45, 2.75) is 32.0 Å². The Kier molecular flexibility index (Phi) is 4.96. The van der Waals surface area contributed by atoms with Gasteiger partial charge in [0.15, 0.2) is 0 Å². The van der Waals surface area contributed by atoms with Crippen LogP contribution >= 0.6 is 0 Å². The SMILES string of the molecule is Cc1ccc(N2CCCC(N3C[C@@H](C(F)(F)F)[C@H](C(=O)O)C3)C2=O)cc1. The Morgan fingerprint density at radius 1 is 1.19 bits per heavy atom. The second-order valence-electron chi connectivity index (χ2n) is 7.03. The lowest BCUT2D eigenvalue weighted by Gasteiger charge is -2.37. The number of amides is 1. The predicted octanol–water partition coefficient (Wildman–Crippen LogP) is 2.69. The Labute approximate surface area is 149 Å². The van der Waals surface area contributed by atoms with Gasteiger partial charge in [0, 0.05) is 25.3 Å². The molecular formula is C18H21F3N2O3. The third-order valence-electron chi connectivity index (χ3n) is 5.28. The van der Waals surface area contributed by atoms with Crippen molar-refractivity contribution in [3.05, 3.63) is 29.8 Å². The van der Waals surface area contributed by atoms with Crippen molar-refractivity contribution in [1.29, 1.82) is 0 Å². The number of likely N-dealkylation sites (tertiary alicyclic amines) is 1. The van der Waals surface area contributed by atoms with Crippen LogP contribution in [0.15, 0.2) is 24.3 Å². The van der Waals surface area contributed by atoms with Crippen molar-refractivity contribution < 1.29 is 27.9 Å². The van der Waals surface area contributed by atoms with E-state index in [1.807, 2.05) is 31.2 Å². The Morgan fingerprint density at radius 2 is 1.85 bits per heavy atom. The first-order valence-corrected chi connectivity index (χ1v) is 8.60. The molecule has 1 aromatic rings. The average Bonchev–Trinajstić information content (AvgIpc) is 3.02. The van der Waals surface area contributed by atoms with E-state index >= 15 is 0 Å². The van der Waals surface area contributed by atoms with Crippen molar-refractivity contribution in [1.82, 2.24) is 4.90 Å². The monoisotopic (exact) mass is 370 g/mol. The number of carbonyl (C=O) groups is 2. The highest BCUT2D eigenvalue weighted by atomic mass is 19.4. The number of piperidine rings is 1. The first-order valence-electron chi connectivity index (χ1n) is 8.60. The normalized spacial score (nSPS) is 27.8. The number of nitrogens with zero attached hydrogens (tertiary/aromatic N) is 2. The van der Waals surface area contributed by atoms with Gasteiger partial charge in [-0.15, -0.1) is 0 Å². The van der Waals surface area contributed by atoms with Gasteiger partial charge in [-0.3, -0.25) is 14.5 Å². The number of alkyl halides is 3. The van der Waals surface area contributed by atoms with Crippen molar-refractivity contribution in [2.75, 3.05) is 24.5 Å². The summed E-state index contributed by atoms with van der Waals surface area (Å²) in [6, 6.07) is 6.68. The zero-order chi connectivity index (χ0) is 19.1. The second-order valence-corrected chi connectivity index (χ2v) is 7.03. The molecule has 5 nitrogen and oxygen atoms in total. The number of carbonyl (C=O) groups excluding carboxylic acids is 1. The molecule has 26 heavy (non-hydrogen) atoms. The molecule has 8 heteroatoms. The molecule has 0 radical (unpaired) electrons. The van der Waals surface area contributed by atoms with Gasteiger partial charge >= 0.3 is 12.1 Å². The molecule has 2 fully saturated rings. The number of carboxylic acids is 1. The molecule has 142 valence electrons. The minimum absolute atomic E-state index is 0.252. The number of hydrogen-bond acceptors (Lipinski definition) is 3. The lowest BCUT2D eigenvalue weighted by molar-refractivity contribution is -0.188. The van der Waals surface area contributed by atoms with Gasteiger partial charge in [0.25, 0.3) is 0 Å². The number of benzene rings is 1. The van der Waals surface area contributed by atoms with Crippen LogP contribution in [0.3, 0.4) is 0 Å². The van der Waals surface area contributed by atoms with Crippen molar-refractivity contribution in [3.63, 3.8) is 0 Å². The molecule has 2 aliphatic heterocycles. The van der Waals surface area contributed by atoms with E-state index in [0.717, 1.165) is 5.56 Å². The maximum Gasteiger partial charge on any atom is 0.393 e. The van der Waals surface area contributed by atoms with Gasteiger partial charge in [-0.2, -0.15) is 13.2 Å². The summed E-state index contributed by atoms with van der Waals surface area (Å²) in [5, 5.41) is 9.16. The van der Waals surface area contributed by atoms with Crippen LogP contribution < -0.4 is 4.90 Å². The summed E-state index contributed by atoms with van der Waals surface area (Å²) in [6.07, 6.45) is -3.49. The van der Waals surface area contributed by atoms with Crippen LogP contribution in [0, 0.1) is 18.8 Å². The van der Waals surface area contributed by atoms with E-state index in [2.05, 4.69) is 0 Å². The Balaban J connectivity index is 1.79. The quantitative estimate of drug-likeness (QED) is 0.889. The van der Waals surface area contributed by atoms with Gasteiger partial charge in [-0.25, -0.2) is 0 Å². The van der Waals surface area contributed by atoms with Crippen LogP contribution in [0.1, 0.15) is 18.4 Å². The van der Waals surface area contributed by atoms with Gasteiger partial charge in [0.05, 0.1) is 17.9 Å². The smallest absolute Gasteiger partial charge is 0.393 e. The van der Waals surface area contributed by atoms with E-state index in [0.29, 0.717) is 25.1 Å². The Hall–Kier alpha value is -2.09. The van der Waals surface area contributed by atoms with Crippen LogP contribution in [-0.4, -0.2) is 53.7 Å². The van der Waals surface area contributed by atoms with Gasteiger partial charge in [-0.05, 0) is 31.9 Å². The zero-order valence-electron chi connectivity index (χ0n) is 14.4. The van der Waals surface area contributed by atoms with E-state index < -0.39 is 36.6 Å². The minimum Gasteiger partial charge on any atom is -0.481 e. The molecule has 1 unspecified atom stereocenters. The molecule has 3 rings (SSSR count). The summed E-state index contributed by atoms with van der Waals surface area (Å²) < 4.78 is 39.6. The predicted molar refractivity (Wildman–Crippen MR) is 88.8 cm³/mol. The molecule has 0 saturated carbocycles. The van der Waals surface area contributed by atoms with Gasteiger partial charge in [0.2, 0.25) is 5.91 Å². The molecule has 2 saturated heterocycles. The van der Waals surface area contributed by atoms with E-state index in [9.17, 15) is 22.8 Å². The number of anilines is 1. The summed E-state index contributed by atoms with van der Waals surface area (Å²) >= 11 is 0. The second kappa shape index (κ2) is 6.90. The minimum atomic E-state index is -4.59. The fourth-order valence-corrected chi connectivity index (χ4v) is 3.85. The first kappa shape index (κ1) is 18.7. The molecule has 3 atom stereocenters. The number of rotatable bonds is 3. The highest BCUT2D eigenvalue weighted by molar-refractivity contribution is 5.98. The van der Waals surface area contributed by atoms with E-state index in [-0.39, 0.29) is 12.5 Å². The molecule has 0 spiro atoms. The molecular weight excluding hydrogens is 349 g/mol. The highest BCUT2D eigenvalue weighted by Crippen LogP contribution is 2.39. The summed E-state index contributed by atoms with van der Waals surface area (Å²) in [6.45, 7) is 1.74. The fourth-order valence-electron chi connectivity index (χ4n) is 3.85. The Morgan fingerprint density at radius 3 is 2.38 bits per heavy atom. The van der Waals surface area contributed by atoms with Crippen molar-refractivity contribution >= 4 is 17.6 Å². The molecule has 0 aliphatic carbocycles. The molecule has 0 bridgehead atoms. The third kappa shape index (κ3) is 3.56. The van der Waals surface area contributed by atoms with Crippen molar-refractivity contribution in [3.8, 4) is 0 Å². The third-order valence-corrected chi connectivity index (χ3v) is 5.28. The summed E-state index contributed by atoms with van der Waals surface area (Å²) in [4.78, 5) is 27.1. The van der Waals surface area contributed by atoms with E-state index in [4.69, 9.17) is 5.11 Å². The number of halogens is 3. The van der Waals surface area contributed by atoms with Crippen LogP contribution in [0.2, 0.25) is 0 Å². The fraction of sp³-hybridized carbons (Fsp3) is 0.556. The molecule has 2 aliphatic rings. The van der Waals surface area contributed by atoms with E-state index in [1.54, 1.807) is 4.90 Å². The maximum absolute atomic E-state index is 13.2. The molecule has 1 N–H and O–H groups in total. The first-order chi connectivity index (χ1) is 12.2. The zero-order valence-corrected chi connectivity index (χ0v) is 14.4. The number of hydrogen-bond donors (Lipinski definition) is 1. The van der Waals surface area contributed by atoms with E-state index in [1.165, 1.54) is 4.90 Å². The molecule has 1 aromatic carbocycles. The topological polar surface area (TPSA) is 60.9 Å². The standard InChI is InChI=1S/C18H21F3N2O3/c1-11-4-6-12(7-5-11)23-8-2-3-15(16(23)24)22-9-13(17(25)26)14(10-22)18(19,20)21/h4-7,13-15H,2-3,8-10H2,1H3,(H,25,26)/t13-,14-,15?/m1/s1. The van der Waals surface area contributed by atoms with Gasteiger partial charge in [-0.1, -0.05) is 17.7 Å². The summed E-state index contributed by atoms with van der Waals surface area (Å²) in [5.41, 5.74) is 1.76. The number of aliphatic carboxylic acids is 1.